The van der Waals surface area contributed by atoms with E-state index in [1.54, 1.807) is 0 Å². The van der Waals surface area contributed by atoms with E-state index < -0.39 is 45.7 Å². The SMILES string of the molecule is O=C(/C=C\C(=O)OC1CCCCC1)OC1CCCCC1.O=C(O)CC(C(=O)O)S(=O)(=O)O.[KH]. The van der Waals surface area contributed by atoms with E-state index in [2.05, 4.69) is 0 Å². The van der Waals surface area contributed by atoms with Crippen molar-refractivity contribution in [2.45, 2.75) is 88.1 Å². The Morgan fingerprint density at radius 3 is 1.39 bits per heavy atom. The van der Waals surface area contributed by atoms with Crippen LogP contribution < -0.4 is 0 Å². The molecule has 0 aromatic heterocycles. The van der Waals surface area contributed by atoms with Gasteiger partial charge in [0.25, 0.3) is 10.1 Å². The number of carboxylic acid groups (broad SMARTS) is 2. The van der Waals surface area contributed by atoms with Crippen LogP contribution in [0, 0.1) is 0 Å². The molecule has 13 heteroatoms. The minimum atomic E-state index is -4.84. The maximum atomic E-state index is 11.6. The van der Waals surface area contributed by atoms with Crippen LogP contribution in [0.25, 0.3) is 0 Å². The second-order valence-electron chi connectivity index (χ2n) is 7.67. The van der Waals surface area contributed by atoms with Crippen LogP contribution in [0.2, 0.25) is 0 Å². The van der Waals surface area contributed by atoms with Crippen molar-refractivity contribution in [3.05, 3.63) is 12.2 Å². The van der Waals surface area contributed by atoms with Crippen LogP contribution in [0.5, 0.6) is 0 Å². The summed E-state index contributed by atoms with van der Waals surface area (Å²) in [5.74, 6) is -4.37. The summed E-state index contributed by atoms with van der Waals surface area (Å²) < 4.78 is 39.3. The Kier molecular flexibility index (Phi) is 16.3. The molecule has 2 saturated carbocycles. The molecule has 0 bridgehead atoms. The fourth-order valence-electron chi connectivity index (χ4n) is 3.39. The van der Waals surface area contributed by atoms with Crippen molar-refractivity contribution in [2.75, 3.05) is 0 Å². The summed E-state index contributed by atoms with van der Waals surface area (Å²) in [4.78, 5) is 43.2. The molecule has 2 aliphatic carbocycles. The van der Waals surface area contributed by atoms with Gasteiger partial charge in [-0.15, -0.1) is 0 Å². The predicted octanol–water partition coefficient (Wildman–Crippen LogP) is 1.45. The zero-order valence-corrected chi connectivity index (χ0v) is 18.5. The van der Waals surface area contributed by atoms with E-state index in [4.69, 9.17) is 24.2 Å². The van der Waals surface area contributed by atoms with Crippen molar-refractivity contribution in [3.8, 4) is 0 Å². The van der Waals surface area contributed by atoms with Crippen molar-refractivity contribution in [3.63, 3.8) is 0 Å². The first-order valence-electron chi connectivity index (χ1n) is 10.5. The predicted molar refractivity (Wildman–Crippen MR) is 117 cm³/mol. The summed E-state index contributed by atoms with van der Waals surface area (Å²) in [6.45, 7) is 0. The third-order valence-electron chi connectivity index (χ3n) is 5.02. The van der Waals surface area contributed by atoms with Crippen LogP contribution in [0.4, 0.5) is 0 Å². The number of aliphatic carboxylic acids is 2. The Morgan fingerprint density at radius 1 is 0.788 bits per heavy atom. The third kappa shape index (κ3) is 14.9. The van der Waals surface area contributed by atoms with Crippen LogP contribution in [-0.4, -0.2) is 116 Å². The molecule has 1 unspecified atom stereocenters. The first kappa shape index (κ1) is 32.2. The topological polar surface area (TPSA) is 182 Å². The number of ether oxygens (including phenoxy) is 2. The molecule has 2 fully saturated rings. The Bertz CT molecular complexity index is 748. The molecule has 33 heavy (non-hydrogen) atoms. The molecule has 2 rings (SSSR count). The Labute approximate surface area is 235 Å². The quantitative estimate of drug-likeness (QED) is 0.183. The van der Waals surface area contributed by atoms with E-state index in [-0.39, 0.29) is 63.6 Å². The van der Waals surface area contributed by atoms with Gasteiger partial charge in [-0.05, 0) is 51.4 Å². The zero-order valence-electron chi connectivity index (χ0n) is 17.7. The Hall–Kier alpha value is -0.834. The van der Waals surface area contributed by atoms with Crippen molar-refractivity contribution >= 4 is 85.4 Å². The van der Waals surface area contributed by atoms with E-state index in [0.29, 0.717) is 0 Å². The third-order valence-corrected chi connectivity index (χ3v) is 6.11. The molecule has 0 aromatic carbocycles. The number of carbonyl (C=O) groups excluding carboxylic acids is 2. The van der Waals surface area contributed by atoms with Gasteiger partial charge in [0.15, 0.2) is 5.25 Å². The van der Waals surface area contributed by atoms with Crippen LogP contribution in [-0.2, 0) is 38.8 Å². The fraction of sp³-hybridized carbons (Fsp3) is 0.700. The fourth-order valence-corrected chi connectivity index (χ4v) is 4.00. The van der Waals surface area contributed by atoms with E-state index in [1.807, 2.05) is 0 Å². The summed E-state index contributed by atoms with van der Waals surface area (Å²) in [6, 6.07) is 0. The van der Waals surface area contributed by atoms with Crippen LogP contribution in [0.15, 0.2) is 12.2 Å². The molecule has 0 heterocycles. The number of hydrogen-bond donors (Lipinski definition) is 3. The maximum absolute atomic E-state index is 11.6. The minimum absolute atomic E-state index is 0. The van der Waals surface area contributed by atoms with Crippen LogP contribution in [0.3, 0.4) is 0 Å². The van der Waals surface area contributed by atoms with Crippen molar-refractivity contribution in [1.82, 2.24) is 0 Å². The first-order chi connectivity index (χ1) is 15.0. The molecule has 3 N–H and O–H groups in total. The monoisotopic (exact) mass is 518 g/mol. The molecule has 0 aromatic rings. The van der Waals surface area contributed by atoms with Gasteiger partial charge in [-0.3, -0.25) is 14.1 Å². The van der Waals surface area contributed by atoms with Crippen LogP contribution >= 0.6 is 0 Å². The van der Waals surface area contributed by atoms with Gasteiger partial charge in [0.05, 0.1) is 6.42 Å². The molecule has 0 saturated heterocycles. The van der Waals surface area contributed by atoms with Gasteiger partial charge in [-0.1, -0.05) is 12.8 Å². The average Bonchev–Trinajstić information content (AvgIpc) is 2.71. The van der Waals surface area contributed by atoms with Crippen LogP contribution in [0.1, 0.15) is 70.6 Å². The normalized spacial score (nSPS) is 18.2. The molecule has 0 aliphatic heterocycles. The molecule has 1 atom stereocenters. The number of hydrogen-bond acceptors (Lipinski definition) is 8. The van der Waals surface area contributed by atoms with Gasteiger partial charge in [0.2, 0.25) is 0 Å². The van der Waals surface area contributed by atoms with Gasteiger partial charge in [0.1, 0.15) is 12.2 Å². The van der Waals surface area contributed by atoms with Gasteiger partial charge in [-0.25, -0.2) is 9.59 Å². The van der Waals surface area contributed by atoms with E-state index in [9.17, 15) is 27.6 Å². The molecule has 184 valence electrons. The van der Waals surface area contributed by atoms with E-state index in [0.717, 1.165) is 51.4 Å². The molecule has 0 spiro atoms. The molecule has 2 aliphatic rings. The summed E-state index contributed by atoms with van der Waals surface area (Å²) in [6.07, 6.45) is 11.9. The average molecular weight is 519 g/mol. The van der Waals surface area contributed by atoms with Crippen molar-refractivity contribution in [1.29, 1.82) is 0 Å². The van der Waals surface area contributed by atoms with Crippen molar-refractivity contribution < 1.29 is 51.8 Å². The number of esters is 2. The molecular formula is C20H31KO11S. The van der Waals surface area contributed by atoms with Gasteiger partial charge >= 0.3 is 75.3 Å². The van der Waals surface area contributed by atoms with Gasteiger partial charge in [0, 0.05) is 12.2 Å². The second-order valence-corrected chi connectivity index (χ2v) is 9.27. The Balaban J connectivity index is 0.000000685. The van der Waals surface area contributed by atoms with E-state index >= 15 is 0 Å². The number of carbonyl (C=O) groups is 4. The van der Waals surface area contributed by atoms with Gasteiger partial charge < -0.3 is 19.7 Å². The zero-order chi connectivity index (χ0) is 24.1. The molecule has 0 amide bonds. The summed E-state index contributed by atoms with van der Waals surface area (Å²) in [7, 11) is -4.84. The number of rotatable bonds is 8. The van der Waals surface area contributed by atoms with Crippen molar-refractivity contribution in [2.24, 2.45) is 0 Å². The second kappa shape index (κ2) is 16.7. The summed E-state index contributed by atoms with van der Waals surface area (Å²) in [5.41, 5.74) is 0. The molecular weight excluding hydrogens is 487 g/mol. The molecule has 0 radical (unpaired) electrons. The Morgan fingerprint density at radius 2 is 1.15 bits per heavy atom. The standard InChI is InChI=1S/C16H24O4.C4H6O7S.K.H/c17-15(19-13-7-3-1-4-8-13)11-12-16(18)20-14-9-5-2-6-10-14;5-3(6)1-2(4(7)8)12(9,10)11;;/h11-14H,1-10H2;2H,1H2,(H,5,6)(H,7,8)(H,9,10,11);;/b12-11-;;;. The first-order valence-corrected chi connectivity index (χ1v) is 12.0. The summed E-state index contributed by atoms with van der Waals surface area (Å²) in [5, 5.41) is 13.9. The molecule has 11 nitrogen and oxygen atoms in total. The number of carboxylic acids is 2. The van der Waals surface area contributed by atoms with E-state index in [1.165, 1.54) is 25.0 Å². The van der Waals surface area contributed by atoms with Gasteiger partial charge in [-0.2, -0.15) is 8.42 Å². The summed E-state index contributed by atoms with van der Waals surface area (Å²) >= 11 is 0.